The van der Waals surface area contributed by atoms with Crippen LogP contribution < -0.4 is 0 Å². The molecule has 2 rings (SSSR count). The molecule has 0 aliphatic carbocycles. The van der Waals surface area contributed by atoms with E-state index in [4.69, 9.17) is 25.5 Å². The van der Waals surface area contributed by atoms with Gasteiger partial charge in [-0.2, -0.15) is 0 Å². The van der Waals surface area contributed by atoms with Crippen molar-refractivity contribution in [2.24, 2.45) is 5.92 Å². The second-order valence-corrected chi connectivity index (χ2v) is 5.47. The molecule has 5 nitrogen and oxygen atoms in total. The molecule has 0 spiro atoms. The quantitative estimate of drug-likeness (QED) is 0.560. The molecule has 1 aromatic carbocycles. The number of rotatable bonds is 7. The van der Waals surface area contributed by atoms with Crippen LogP contribution in [-0.4, -0.2) is 25.2 Å². The molecule has 0 saturated carbocycles. The van der Waals surface area contributed by atoms with Crippen LogP contribution in [0.1, 0.15) is 19.6 Å². The van der Waals surface area contributed by atoms with Gasteiger partial charge in [0.15, 0.2) is 5.92 Å². The van der Waals surface area contributed by atoms with Gasteiger partial charge in [-0.3, -0.25) is 9.59 Å². The van der Waals surface area contributed by atoms with Gasteiger partial charge >= 0.3 is 11.9 Å². The number of benzene rings is 1. The van der Waals surface area contributed by atoms with Crippen molar-refractivity contribution < 1.29 is 23.5 Å². The maximum absolute atomic E-state index is 12.0. The number of halogens is 1. The Balaban J connectivity index is 2.16. The van der Waals surface area contributed by atoms with Crippen molar-refractivity contribution in [2.75, 3.05) is 13.2 Å². The first kappa shape index (κ1) is 18.1. The van der Waals surface area contributed by atoms with E-state index in [1.54, 1.807) is 38.1 Å². The Kier molecular flexibility index (Phi) is 6.44. The molecule has 0 fully saturated rings. The number of carbonyl (C=O) groups excluding carboxylic acids is 2. The van der Waals surface area contributed by atoms with Crippen molar-refractivity contribution in [3.8, 4) is 11.3 Å². The summed E-state index contributed by atoms with van der Waals surface area (Å²) in [7, 11) is 0. The van der Waals surface area contributed by atoms with Gasteiger partial charge in [0.05, 0.1) is 13.2 Å². The molecule has 0 aliphatic heterocycles. The molecular formula is C18H19ClO5. The Bertz CT molecular complexity index is 672. The highest BCUT2D eigenvalue weighted by atomic mass is 35.5. The number of esters is 2. The van der Waals surface area contributed by atoms with Crippen molar-refractivity contribution in [3.05, 3.63) is 47.2 Å². The lowest BCUT2D eigenvalue weighted by atomic mass is 10.0. The lowest BCUT2D eigenvalue weighted by Crippen LogP contribution is -2.29. The zero-order valence-electron chi connectivity index (χ0n) is 13.6. The minimum absolute atomic E-state index is 0.0885. The molecule has 0 radical (unpaired) electrons. The second kappa shape index (κ2) is 8.55. The molecule has 0 unspecified atom stereocenters. The molecule has 1 heterocycles. The lowest BCUT2D eigenvalue weighted by molar-refractivity contribution is -0.161. The summed E-state index contributed by atoms with van der Waals surface area (Å²) in [6.45, 7) is 3.77. The third-order valence-electron chi connectivity index (χ3n) is 3.34. The van der Waals surface area contributed by atoms with Crippen LogP contribution in [0.15, 0.2) is 40.8 Å². The Morgan fingerprint density at radius 3 is 2.12 bits per heavy atom. The maximum atomic E-state index is 12.0. The summed E-state index contributed by atoms with van der Waals surface area (Å²) in [6.07, 6.45) is 0.0885. The normalized spacial score (nSPS) is 10.7. The third kappa shape index (κ3) is 4.61. The van der Waals surface area contributed by atoms with E-state index in [-0.39, 0.29) is 19.6 Å². The molecule has 1 aromatic heterocycles. The van der Waals surface area contributed by atoms with Crippen LogP contribution in [0.3, 0.4) is 0 Å². The van der Waals surface area contributed by atoms with E-state index >= 15 is 0 Å². The Labute approximate surface area is 145 Å². The topological polar surface area (TPSA) is 65.7 Å². The molecule has 0 atom stereocenters. The van der Waals surface area contributed by atoms with Crippen LogP contribution in [0, 0.1) is 5.92 Å². The Hall–Kier alpha value is -2.27. The van der Waals surface area contributed by atoms with Gasteiger partial charge in [0, 0.05) is 17.0 Å². The number of hydrogen-bond donors (Lipinski definition) is 0. The maximum Gasteiger partial charge on any atom is 0.320 e. The molecule has 0 amide bonds. The lowest BCUT2D eigenvalue weighted by Gasteiger charge is -2.13. The number of ether oxygens (including phenoxy) is 2. The van der Waals surface area contributed by atoms with Crippen LogP contribution in [0.25, 0.3) is 11.3 Å². The molecule has 24 heavy (non-hydrogen) atoms. The molecule has 0 bridgehead atoms. The number of hydrogen-bond acceptors (Lipinski definition) is 5. The number of carbonyl (C=O) groups is 2. The molecular weight excluding hydrogens is 332 g/mol. The van der Waals surface area contributed by atoms with Gasteiger partial charge in [-0.25, -0.2) is 0 Å². The van der Waals surface area contributed by atoms with E-state index < -0.39 is 17.9 Å². The predicted molar refractivity (Wildman–Crippen MR) is 89.6 cm³/mol. The van der Waals surface area contributed by atoms with Gasteiger partial charge in [-0.05, 0) is 50.2 Å². The van der Waals surface area contributed by atoms with Gasteiger partial charge in [0.25, 0.3) is 0 Å². The summed E-state index contributed by atoms with van der Waals surface area (Å²) in [4.78, 5) is 24.0. The van der Waals surface area contributed by atoms with Gasteiger partial charge < -0.3 is 13.9 Å². The fourth-order valence-electron chi connectivity index (χ4n) is 2.21. The first-order valence-corrected chi connectivity index (χ1v) is 8.10. The van der Waals surface area contributed by atoms with E-state index in [0.717, 1.165) is 5.56 Å². The number of furan rings is 1. The summed E-state index contributed by atoms with van der Waals surface area (Å²) in [6, 6.07) is 10.7. The summed E-state index contributed by atoms with van der Waals surface area (Å²) in [5, 5.41) is 0.634. The van der Waals surface area contributed by atoms with Crippen molar-refractivity contribution in [2.45, 2.75) is 20.3 Å². The van der Waals surface area contributed by atoms with Gasteiger partial charge in [0.1, 0.15) is 11.5 Å². The van der Waals surface area contributed by atoms with Gasteiger partial charge in [-0.1, -0.05) is 11.6 Å². The predicted octanol–water partition coefficient (Wildman–Crippen LogP) is 3.88. The third-order valence-corrected chi connectivity index (χ3v) is 3.59. The zero-order chi connectivity index (χ0) is 17.5. The van der Waals surface area contributed by atoms with Crippen molar-refractivity contribution in [1.82, 2.24) is 0 Å². The summed E-state index contributed by atoms with van der Waals surface area (Å²) >= 11 is 5.87. The van der Waals surface area contributed by atoms with E-state index in [1.807, 2.05) is 12.1 Å². The monoisotopic (exact) mass is 350 g/mol. The molecule has 0 saturated heterocycles. The SMILES string of the molecule is CCOC(=O)C(Cc1ccc(-c2ccc(Cl)cc2)o1)C(=O)OCC. The van der Waals surface area contributed by atoms with E-state index in [2.05, 4.69) is 0 Å². The van der Waals surface area contributed by atoms with Gasteiger partial charge in [0.2, 0.25) is 0 Å². The van der Waals surface area contributed by atoms with Crippen LogP contribution in [0.2, 0.25) is 5.02 Å². The molecule has 0 N–H and O–H groups in total. The van der Waals surface area contributed by atoms with Crippen molar-refractivity contribution in [3.63, 3.8) is 0 Å². The standard InChI is InChI=1S/C18H19ClO5/c1-3-22-17(20)15(18(21)23-4-2)11-14-9-10-16(24-14)12-5-7-13(19)8-6-12/h5-10,15H,3-4,11H2,1-2H3. The molecule has 2 aromatic rings. The van der Waals surface area contributed by atoms with Gasteiger partial charge in [-0.15, -0.1) is 0 Å². The van der Waals surface area contributed by atoms with E-state index in [9.17, 15) is 9.59 Å². The fourth-order valence-corrected chi connectivity index (χ4v) is 2.33. The summed E-state index contributed by atoms with van der Waals surface area (Å²) in [5.74, 6) is -1.12. The summed E-state index contributed by atoms with van der Waals surface area (Å²) < 4.78 is 15.6. The van der Waals surface area contributed by atoms with Crippen LogP contribution in [0.4, 0.5) is 0 Å². The van der Waals surface area contributed by atoms with Crippen LogP contribution >= 0.6 is 11.6 Å². The Morgan fingerprint density at radius 2 is 1.58 bits per heavy atom. The molecule has 6 heteroatoms. The van der Waals surface area contributed by atoms with Crippen molar-refractivity contribution in [1.29, 1.82) is 0 Å². The van der Waals surface area contributed by atoms with E-state index in [0.29, 0.717) is 16.5 Å². The highest BCUT2D eigenvalue weighted by Crippen LogP contribution is 2.25. The minimum atomic E-state index is -1.03. The first-order valence-electron chi connectivity index (χ1n) is 7.73. The molecule has 0 aliphatic rings. The minimum Gasteiger partial charge on any atom is -0.465 e. The molecule has 128 valence electrons. The fraction of sp³-hybridized carbons (Fsp3) is 0.333. The van der Waals surface area contributed by atoms with Crippen LogP contribution in [0.5, 0.6) is 0 Å². The van der Waals surface area contributed by atoms with E-state index in [1.165, 1.54) is 0 Å². The highest BCUT2D eigenvalue weighted by molar-refractivity contribution is 6.30. The largest absolute Gasteiger partial charge is 0.465 e. The van der Waals surface area contributed by atoms with Crippen LogP contribution in [-0.2, 0) is 25.5 Å². The first-order chi connectivity index (χ1) is 11.5. The smallest absolute Gasteiger partial charge is 0.320 e. The average molecular weight is 351 g/mol. The second-order valence-electron chi connectivity index (χ2n) is 5.03. The Morgan fingerprint density at radius 1 is 1.00 bits per heavy atom. The van der Waals surface area contributed by atoms with Crippen molar-refractivity contribution >= 4 is 23.5 Å². The summed E-state index contributed by atoms with van der Waals surface area (Å²) in [5.41, 5.74) is 0.856. The zero-order valence-corrected chi connectivity index (χ0v) is 14.3. The highest BCUT2D eigenvalue weighted by Gasteiger charge is 2.31. The average Bonchev–Trinajstić information content (AvgIpc) is 3.02.